The second-order valence-electron chi connectivity index (χ2n) is 12.9. The third kappa shape index (κ3) is 6.32. The molecular weight excluding hydrogens is 496 g/mol. The van der Waals surface area contributed by atoms with Gasteiger partial charge < -0.3 is 15.5 Å². The Labute approximate surface area is 238 Å². The fraction of sp³-hybridized carbons (Fsp3) is 0.500. The number of benzene rings is 2. The molecule has 1 aliphatic heterocycles. The Balaban J connectivity index is 1.14. The van der Waals surface area contributed by atoms with Crippen LogP contribution in [0.25, 0.3) is 10.9 Å². The molecule has 0 unspecified atom stereocenters. The van der Waals surface area contributed by atoms with Crippen molar-refractivity contribution in [2.75, 3.05) is 18.4 Å². The maximum atomic E-state index is 13.1. The van der Waals surface area contributed by atoms with E-state index in [1.54, 1.807) is 0 Å². The highest BCUT2D eigenvalue weighted by molar-refractivity contribution is 5.96. The standard InChI is InChI=1S/C34H44N4O2/c1-22-10-15-29-28(20-22)30(21-31(37-29)34(3,4)5)35-25-11-13-26(14-12-25)36-32(39)24-16-18-38(19-17-24)33(40)27-9-7-6-8-23(27)2/h6-10,15,20-21,24-26H,11-14,16-19H2,1-5H3,(H,35,37)(H,36,39). The van der Waals surface area contributed by atoms with Crippen LogP contribution in [0.5, 0.6) is 0 Å². The van der Waals surface area contributed by atoms with E-state index < -0.39 is 0 Å². The van der Waals surface area contributed by atoms with Gasteiger partial charge in [-0.3, -0.25) is 14.6 Å². The maximum Gasteiger partial charge on any atom is 0.254 e. The summed E-state index contributed by atoms with van der Waals surface area (Å²) >= 11 is 0. The Morgan fingerprint density at radius 1 is 0.875 bits per heavy atom. The highest BCUT2D eigenvalue weighted by Gasteiger charge is 2.31. The quantitative estimate of drug-likeness (QED) is 0.385. The second-order valence-corrected chi connectivity index (χ2v) is 12.9. The molecule has 1 saturated heterocycles. The average Bonchev–Trinajstić information content (AvgIpc) is 2.93. The van der Waals surface area contributed by atoms with Crippen molar-refractivity contribution < 1.29 is 9.59 Å². The molecule has 5 rings (SSSR count). The SMILES string of the molecule is Cc1ccc2nc(C(C)(C)C)cc(NC3CCC(NC(=O)C4CCN(C(=O)c5ccccc5C)CC4)CC3)c2c1. The molecule has 6 nitrogen and oxygen atoms in total. The Kier molecular flexibility index (Phi) is 8.16. The van der Waals surface area contributed by atoms with E-state index in [0.717, 1.165) is 66.5 Å². The first-order valence-electron chi connectivity index (χ1n) is 14.9. The minimum Gasteiger partial charge on any atom is -0.382 e. The fourth-order valence-corrected chi connectivity index (χ4v) is 6.09. The number of nitrogens with one attached hydrogen (secondary N) is 2. The summed E-state index contributed by atoms with van der Waals surface area (Å²) in [5.74, 6) is 0.221. The summed E-state index contributed by atoms with van der Waals surface area (Å²) in [6.07, 6.45) is 5.45. The smallest absolute Gasteiger partial charge is 0.254 e. The summed E-state index contributed by atoms with van der Waals surface area (Å²) in [5, 5.41) is 8.36. The number of piperidine rings is 1. The van der Waals surface area contributed by atoms with Crippen LogP contribution in [-0.4, -0.2) is 46.9 Å². The molecule has 1 saturated carbocycles. The Morgan fingerprint density at radius 3 is 2.23 bits per heavy atom. The van der Waals surface area contributed by atoms with Crippen LogP contribution in [0.1, 0.15) is 86.5 Å². The van der Waals surface area contributed by atoms with Gasteiger partial charge in [0.25, 0.3) is 5.91 Å². The average molecular weight is 541 g/mol. The summed E-state index contributed by atoms with van der Waals surface area (Å²) in [6.45, 7) is 12.0. The Hall–Kier alpha value is -3.41. The molecule has 2 N–H and O–H groups in total. The second kappa shape index (κ2) is 11.6. The number of hydrogen-bond acceptors (Lipinski definition) is 4. The summed E-state index contributed by atoms with van der Waals surface area (Å²) in [5.41, 5.74) is 6.27. The molecule has 6 heteroatoms. The predicted molar refractivity (Wildman–Crippen MR) is 163 cm³/mol. The molecular formula is C34H44N4O2. The van der Waals surface area contributed by atoms with Gasteiger partial charge in [0.2, 0.25) is 5.91 Å². The van der Waals surface area contributed by atoms with Crippen LogP contribution < -0.4 is 10.6 Å². The number of rotatable bonds is 5. The molecule has 0 radical (unpaired) electrons. The zero-order valence-corrected chi connectivity index (χ0v) is 24.7. The normalized spacial score (nSPS) is 20.4. The molecule has 2 aromatic carbocycles. The van der Waals surface area contributed by atoms with Crippen LogP contribution in [0.2, 0.25) is 0 Å². The minimum atomic E-state index is -0.0264. The topological polar surface area (TPSA) is 74.3 Å². The van der Waals surface area contributed by atoms with E-state index in [-0.39, 0.29) is 29.2 Å². The molecule has 0 bridgehead atoms. The van der Waals surface area contributed by atoms with Gasteiger partial charge in [-0.15, -0.1) is 0 Å². The lowest BCUT2D eigenvalue weighted by molar-refractivity contribution is -0.127. The van der Waals surface area contributed by atoms with Crippen molar-refractivity contribution in [2.45, 2.75) is 90.6 Å². The molecule has 2 amide bonds. The van der Waals surface area contributed by atoms with E-state index in [9.17, 15) is 9.59 Å². The van der Waals surface area contributed by atoms with Gasteiger partial charge in [0.05, 0.1) is 5.52 Å². The number of pyridine rings is 1. The zero-order chi connectivity index (χ0) is 28.4. The van der Waals surface area contributed by atoms with Crippen molar-refractivity contribution in [1.82, 2.24) is 15.2 Å². The van der Waals surface area contributed by atoms with Crippen LogP contribution in [0.3, 0.4) is 0 Å². The van der Waals surface area contributed by atoms with Gasteiger partial charge in [0, 0.05) is 58.8 Å². The highest BCUT2D eigenvalue weighted by Crippen LogP contribution is 2.32. The Bertz CT molecular complexity index is 1380. The number of anilines is 1. The van der Waals surface area contributed by atoms with Crippen LogP contribution in [0, 0.1) is 19.8 Å². The van der Waals surface area contributed by atoms with Crippen molar-refractivity contribution in [3.63, 3.8) is 0 Å². The van der Waals surface area contributed by atoms with Gasteiger partial charge in [-0.2, -0.15) is 0 Å². The number of nitrogens with zero attached hydrogens (tertiary/aromatic N) is 2. The van der Waals surface area contributed by atoms with E-state index in [4.69, 9.17) is 4.98 Å². The summed E-state index contributed by atoms with van der Waals surface area (Å²) < 4.78 is 0. The van der Waals surface area contributed by atoms with Gasteiger partial charge in [0.15, 0.2) is 0 Å². The predicted octanol–water partition coefficient (Wildman–Crippen LogP) is 6.54. The van der Waals surface area contributed by atoms with Crippen LogP contribution in [0.4, 0.5) is 5.69 Å². The number of aryl methyl sites for hydroxylation is 2. The first-order valence-corrected chi connectivity index (χ1v) is 14.9. The lowest BCUT2D eigenvalue weighted by Gasteiger charge is -2.34. The van der Waals surface area contributed by atoms with Gasteiger partial charge in [-0.25, -0.2) is 0 Å². The number of amides is 2. The number of hydrogen-bond donors (Lipinski definition) is 2. The molecule has 2 heterocycles. The lowest BCUT2D eigenvalue weighted by atomic mass is 9.88. The summed E-state index contributed by atoms with van der Waals surface area (Å²) in [7, 11) is 0. The molecule has 1 aliphatic carbocycles. The third-order valence-electron chi connectivity index (χ3n) is 8.69. The highest BCUT2D eigenvalue weighted by atomic mass is 16.2. The van der Waals surface area contributed by atoms with Crippen molar-refractivity contribution in [1.29, 1.82) is 0 Å². The van der Waals surface area contributed by atoms with Gasteiger partial charge in [0.1, 0.15) is 0 Å². The Morgan fingerprint density at radius 2 is 1.55 bits per heavy atom. The molecule has 0 atom stereocenters. The van der Waals surface area contributed by atoms with Crippen LogP contribution in [0.15, 0.2) is 48.5 Å². The molecule has 212 valence electrons. The zero-order valence-electron chi connectivity index (χ0n) is 24.7. The van der Waals surface area contributed by atoms with Crippen LogP contribution >= 0.6 is 0 Å². The monoisotopic (exact) mass is 540 g/mol. The van der Waals surface area contributed by atoms with Crippen molar-refractivity contribution in [2.24, 2.45) is 5.92 Å². The molecule has 3 aromatic rings. The largest absolute Gasteiger partial charge is 0.382 e. The van der Waals surface area contributed by atoms with E-state index in [1.165, 1.54) is 10.9 Å². The van der Waals surface area contributed by atoms with Gasteiger partial charge >= 0.3 is 0 Å². The van der Waals surface area contributed by atoms with E-state index in [0.29, 0.717) is 19.1 Å². The van der Waals surface area contributed by atoms with E-state index in [1.807, 2.05) is 36.1 Å². The maximum absolute atomic E-state index is 13.1. The molecule has 2 aliphatic rings. The first kappa shape index (κ1) is 28.1. The molecule has 0 spiro atoms. The lowest BCUT2D eigenvalue weighted by Crippen LogP contribution is -2.46. The van der Waals surface area contributed by atoms with Crippen LogP contribution in [-0.2, 0) is 10.2 Å². The summed E-state index contributed by atoms with van der Waals surface area (Å²) in [4.78, 5) is 32.9. The van der Waals surface area contributed by atoms with Gasteiger partial charge in [-0.1, -0.05) is 50.6 Å². The number of carbonyl (C=O) groups is 2. The first-order chi connectivity index (χ1) is 19.1. The molecule has 40 heavy (non-hydrogen) atoms. The number of aromatic nitrogens is 1. The van der Waals surface area contributed by atoms with Crippen molar-refractivity contribution in [3.8, 4) is 0 Å². The van der Waals surface area contributed by atoms with E-state index >= 15 is 0 Å². The van der Waals surface area contributed by atoms with Gasteiger partial charge in [-0.05, 0) is 82.2 Å². The molecule has 1 aromatic heterocycles. The summed E-state index contributed by atoms with van der Waals surface area (Å²) in [6, 6.07) is 17.0. The number of fused-ring (bicyclic) bond motifs is 1. The van der Waals surface area contributed by atoms with Crippen molar-refractivity contribution in [3.05, 3.63) is 70.9 Å². The van der Waals surface area contributed by atoms with Crippen molar-refractivity contribution >= 4 is 28.4 Å². The number of likely N-dealkylation sites (tertiary alicyclic amines) is 1. The minimum absolute atomic E-state index is 0.0148. The molecule has 2 fully saturated rings. The fourth-order valence-electron chi connectivity index (χ4n) is 6.09. The number of carbonyl (C=O) groups excluding carboxylic acids is 2. The van der Waals surface area contributed by atoms with E-state index in [2.05, 4.69) is 62.6 Å². The third-order valence-corrected chi connectivity index (χ3v) is 8.69.